The van der Waals surface area contributed by atoms with Crippen molar-refractivity contribution >= 4 is 17.7 Å². The minimum Gasteiger partial charge on any atom is -0.351 e. The Morgan fingerprint density at radius 1 is 1.38 bits per heavy atom. The van der Waals surface area contributed by atoms with Gasteiger partial charge in [0.2, 0.25) is 5.91 Å². The summed E-state index contributed by atoms with van der Waals surface area (Å²) in [6.45, 7) is 7.85. The van der Waals surface area contributed by atoms with Gasteiger partial charge in [-0.25, -0.2) is 0 Å². The lowest BCUT2D eigenvalue weighted by Crippen LogP contribution is -2.44. The molecule has 0 aromatic carbocycles. The molecular formula is C17H23N5OS. The summed E-state index contributed by atoms with van der Waals surface area (Å²) in [6.07, 6.45) is 5.80. The van der Waals surface area contributed by atoms with E-state index in [0.717, 1.165) is 29.4 Å². The van der Waals surface area contributed by atoms with E-state index in [1.807, 2.05) is 39.8 Å². The molecule has 1 N–H and O–H groups in total. The number of thioether (sulfide) groups is 1. The van der Waals surface area contributed by atoms with Crippen LogP contribution in [-0.4, -0.2) is 36.4 Å². The molecule has 0 aliphatic heterocycles. The summed E-state index contributed by atoms with van der Waals surface area (Å²) in [5.41, 5.74) is 0.715. The first-order valence-corrected chi connectivity index (χ1v) is 9.07. The number of nitrogens with zero attached hydrogens (tertiary/aromatic N) is 4. The second-order valence-electron chi connectivity index (χ2n) is 7.15. The predicted molar refractivity (Wildman–Crippen MR) is 94.7 cm³/mol. The fourth-order valence-electron chi connectivity index (χ4n) is 2.39. The van der Waals surface area contributed by atoms with Crippen molar-refractivity contribution in [3.63, 3.8) is 0 Å². The maximum atomic E-state index is 12.3. The number of hydrogen-bond donors (Lipinski definition) is 1. The predicted octanol–water partition coefficient (Wildman–Crippen LogP) is 3.07. The molecule has 0 unspecified atom stereocenters. The first-order valence-electron chi connectivity index (χ1n) is 8.19. The Balaban J connectivity index is 1.82. The number of hydrogen-bond acceptors (Lipinski definition) is 5. The highest BCUT2D eigenvalue weighted by Crippen LogP contribution is 2.41. The Labute approximate surface area is 146 Å². The zero-order valence-corrected chi connectivity index (χ0v) is 15.3. The van der Waals surface area contributed by atoms with E-state index in [4.69, 9.17) is 0 Å². The molecule has 1 atom stereocenters. The fraction of sp³-hybridized carbons (Fsp3) is 0.529. The summed E-state index contributed by atoms with van der Waals surface area (Å²) in [4.78, 5) is 16.5. The molecule has 128 valence electrons. The third kappa shape index (κ3) is 3.95. The Morgan fingerprint density at radius 2 is 2.12 bits per heavy atom. The van der Waals surface area contributed by atoms with Gasteiger partial charge in [0.15, 0.2) is 11.0 Å². The van der Waals surface area contributed by atoms with Crippen molar-refractivity contribution in [3.8, 4) is 11.4 Å². The summed E-state index contributed by atoms with van der Waals surface area (Å²) in [5, 5.41) is 12.3. The van der Waals surface area contributed by atoms with Crippen LogP contribution in [0.2, 0.25) is 0 Å². The molecule has 0 saturated heterocycles. The highest BCUT2D eigenvalue weighted by atomic mass is 32.2. The van der Waals surface area contributed by atoms with Crippen molar-refractivity contribution in [1.29, 1.82) is 0 Å². The van der Waals surface area contributed by atoms with E-state index in [2.05, 4.69) is 25.1 Å². The molecule has 7 heteroatoms. The van der Waals surface area contributed by atoms with Crippen LogP contribution >= 0.6 is 11.8 Å². The molecule has 0 bridgehead atoms. The van der Waals surface area contributed by atoms with E-state index in [1.54, 1.807) is 12.4 Å². The first kappa shape index (κ1) is 17.0. The van der Waals surface area contributed by atoms with Crippen molar-refractivity contribution < 1.29 is 4.79 Å². The summed E-state index contributed by atoms with van der Waals surface area (Å²) >= 11 is 1.46. The molecular weight excluding hydrogens is 322 g/mol. The molecule has 0 radical (unpaired) electrons. The molecule has 6 nitrogen and oxygen atoms in total. The summed E-state index contributed by atoms with van der Waals surface area (Å²) < 4.78 is 2.16. The minimum absolute atomic E-state index is 0.0146. The van der Waals surface area contributed by atoms with E-state index < -0.39 is 0 Å². The molecule has 0 spiro atoms. The third-order valence-corrected chi connectivity index (χ3v) is 4.70. The van der Waals surface area contributed by atoms with Gasteiger partial charge >= 0.3 is 0 Å². The van der Waals surface area contributed by atoms with Crippen LogP contribution in [-0.2, 0) is 4.79 Å². The second-order valence-corrected chi connectivity index (χ2v) is 8.46. The van der Waals surface area contributed by atoms with Crippen molar-refractivity contribution in [2.24, 2.45) is 0 Å². The lowest BCUT2D eigenvalue weighted by Gasteiger charge is -2.23. The molecule has 1 fully saturated rings. The van der Waals surface area contributed by atoms with E-state index in [-0.39, 0.29) is 16.7 Å². The number of carbonyl (C=O) groups is 1. The van der Waals surface area contributed by atoms with E-state index in [0.29, 0.717) is 6.04 Å². The van der Waals surface area contributed by atoms with Crippen LogP contribution in [0.4, 0.5) is 0 Å². The van der Waals surface area contributed by atoms with Crippen LogP contribution in [0.25, 0.3) is 11.4 Å². The molecule has 3 rings (SSSR count). The van der Waals surface area contributed by atoms with Crippen molar-refractivity contribution in [1.82, 2.24) is 25.1 Å². The number of aromatic nitrogens is 4. The zero-order chi connectivity index (χ0) is 17.3. The molecule has 1 aliphatic rings. The summed E-state index contributed by atoms with van der Waals surface area (Å²) in [7, 11) is 0. The number of pyridine rings is 1. The van der Waals surface area contributed by atoms with Gasteiger partial charge in [-0.3, -0.25) is 14.3 Å². The molecule has 2 heterocycles. The molecule has 2 aromatic heterocycles. The van der Waals surface area contributed by atoms with Crippen LogP contribution in [0.5, 0.6) is 0 Å². The standard InChI is InChI=1S/C17H23N5OS/c1-11(15(23)19-17(2,3)4)24-16-21-20-14(22(16)13-7-8-13)12-6-5-9-18-10-12/h5-6,9-11,13H,7-8H2,1-4H3,(H,19,23)/t11-/m1/s1. The van der Waals surface area contributed by atoms with Crippen LogP contribution in [0.1, 0.15) is 46.6 Å². The van der Waals surface area contributed by atoms with E-state index in [1.165, 1.54) is 11.8 Å². The summed E-state index contributed by atoms with van der Waals surface area (Å²) in [6, 6.07) is 4.31. The highest BCUT2D eigenvalue weighted by Gasteiger charge is 2.32. The summed E-state index contributed by atoms with van der Waals surface area (Å²) in [5.74, 6) is 0.845. The second kappa shape index (κ2) is 6.55. The monoisotopic (exact) mass is 345 g/mol. The van der Waals surface area contributed by atoms with Gasteiger partial charge in [-0.05, 0) is 52.7 Å². The van der Waals surface area contributed by atoms with Gasteiger partial charge in [0, 0.05) is 29.5 Å². The highest BCUT2D eigenvalue weighted by molar-refractivity contribution is 8.00. The van der Waals surface area contributed by atoms with E-state index >= 15 is 0 Å². The van der Waals surface area contributed by atoms with Gasteiger partial charge < -0.3 is 5.32 Å². The lowest BCUT2D eigenvalue weighted by atomic mass is 10.1. The third-order valence-electron chi connectivity index (χ3n) is 3.65. The first-order chi connectivity index (χ1) is 11.3. The van der Waals surface area contributed by atoms with Gasteiger partial charge in [0.1, 0.15) is 0 Å². The van der Waals surface area contributed by atoms with Crippen molar-refractivity contribution in [2.45, 2.75) is 62.5 Å². The van der Waals surface area contributed by atoms with Crippen molar-refractivity contribution in [3.05, 3.63) is 24.5 Å². The number of amides is 1. The van der Waals surface area contributed by atoms with E-state index in [9.17, 15) is 4.79 Å². The zero-order valence-electron chi connectivity index (χ0n) is 14.5. The quantitative estimate of drug-likeness (QED) is 0.843. The van der Waals surface area contributed by atoms with Gasteiger partial charge in [0.25, 0.3) is 0 Å². The molecule has 1 saturated carbocycles. The van der Waals surface area contributed by atoms with Gasteiger partial charge in [0.05, 0.1) is 5.25 Å². The maximum absolute atomic E-state index is 12.3. The molecule has 24 heavy (non-hydrogen) atoms. The normalized spacial score (nSPS) is 16.0. The largest absolute Gasteiger partial charge is 0.351 e. The Kier molecular flexibility index (Phi) is 4.62. The van der Waals surface area contributed by atoms with Gasteiger partial charge in [-0.1, -0.05) is 11.8 Å². The van der Waals surface area contributed by atoms with Crippen LogP contribution in [0, 0.1) is 0 Å². The lowest BCUT2D eigenvalue weighted by molar-refractivity contribution is -0.121. The number of nitrogens with one attached hydrogen (secondary N) is 1. The van der Waals surface area contributed by atoms with Crippen LogP contribution in [0.15, 0.2) is 29.7 Å². The smallest absolute Gasteiger partial charge is 0.233 e. The Hall–Kier alpha value is -1.89. The topological polar surface area (TPSA) is 72.7 Å². The van der Waals surface area contributed by atoms with Gasteiger partial charge in [-0.2, -0.15) is 0 Å². The maximum Gasteiger partial charge on any atom is 0.233 e. The minimum atomic E-state index is -0.239. The fourth-order valence-corrected chi connectivity index (χ4v) is 3.31. The van der Waals surface area contributed by atoms with Crippen LogP contribution in [0.3, 0.4) is 0 Å². The molecule has 2 aromatic rings. The number of carbonyl (C=O) groups excluding carboxylic acids is 1. The Morgan fingerprint density at radius 3 is 2.71 bits per heavy atom. The average Bonchev–Trinajstić information content (AvgIpc) is 3.27. The van der Waals surface area contributed by atoms with Gasteiger partial charge in [-0.15, -0.1) is 10.2 Å². The van der Waals surface area contributed by atoms with Crippen LogP contribution < -0.4 is 5.32 Å². The van der Waals surface area contributed by atoms with Crippen molar-refractivity contribution in [2.75, 3.05) is 0 Å². The number of rotatable bonds is 5. The Bertz CT molecular complexity index is 718. The average molecular weight is 345 g/mol. The SMILES string of the molecule is C[C@@H](Sc1nnc(-c2cccnc2)n1C1CC1)C(=O)NC(C)(C)C. The molecule has 1 amide bonds. The molecule has 1 aliphatic carbocycles.